The van der Waals surface area contributed by atoms with E-state index in [9.17, 15) is 9.59 Å². The zero-order valence-electron chi connectivity index (χ0n) is 16.8. The number of nitrogens with one attached hydrogen (secondary N) is 1. The summed E-state index contributed by atoms with van der Waals surface area (Å²) < 4.78 is 10.7. The zero-order chi connectivity index (χ0) is 20.6. The summed E-state index contributed by atoms with van der Waals surface area (Å²) in [6.45, 7) is 1.30. The highest BCUT2D eigenvalue weighted by Gasteiger charge is 2.45. The lowest BCUT2D eigenvalue weighted by Crippen LogP contribution is -2.37. The predicted molar refractivity (Wildman–Crippen MR) is 108 cm³/mol. The summed E-state index contributed by atoms with van der Waals surface area (Å²) in [5.74, 6) is -0.00627. The molecule has 1 aliphatic rings. The number of para-hydroxylation sites is 1. The molecular weight excluding hydrogens is 370 g/mol. The molecule has 1 aromatic heterocycles. The summed E-state index contributed by atoms with van der Waals surface area (Å²) >= 11 is 0. The summed E-state index contributed by atoms with van der Waals surface area (Å²) in [6.07, 6.45) is 2.54. The van der Waals surface area contributed by atoms with Gasteiger partial charge in [-0.3, -0.25) is 14.6 Å². The molecule has 1 aromatic carbocycles. The van der Waals surface area contributed by atoms with Crippen LogP contribution in [0.3, 0.4) is 0 Å². The first-order valence-electron chi connectivity index (χ1n) is 9.74. The number of likely N-dealkylation sites (tertiary alicyclic amines) is 1. The maximum atomic E-state index is 13.0. The fourth-order valence-corrected chi connectivity index (χ4v) is 3.77. The van der Waals surface area contributed by atoms with E-state index in [4.69, 9.17) is 9.47 Å². The van der Waals surface area contributed by atoms with Crippen LogP contribution in [0.5, 0.6) is 5.75 Å². The highest BCUT2D eigenvalue weighted by atomic mass is 16.5. The minimum Gasteiger partial charge on any atom is -0.496 e. The SMILES string of the molecule is COCCN1C(=O)C[C@@H](C(=O)NCCc2ccccn2)[C@@H]1c1ccccc1OC. The molecule has 2 heterocycles. The van der Waals surface area contributed by atoms with E-state index in [-0.39, 0.29) is 24.3 Å². The van der Waals surface area contributed by atoms with Crippen molar-refractivity contribution in [1.29, 1.82) is 0 Å². The quantitative estimate of drug-likeness (QED) is 0.700. The predicted octanol–water partition coefficient (Wildman–Crippen LogP) is 1.99. The standard InChI is InChI=1S/C22H27N3O4/c1-28-14-13-25-20(26)15-18(21(25)17-8-3-4-9-19(17)29-2)22(27)24-12-10-16-7-5-6-11-23-16/h3-9,11,18,21H,10,12-15H2,1-2H3,(H,24,27)/t18-,21+/m1/s1. The average Bonchev–Trinajstić information content (AvgIpc) is 3.08. The molecule has 1 saturated heterocycles. The van der Waals surface area contributed by atoms with E-state index in [1.54, 1.807) is 25.3 Å². The van der Waals surface area contributed by atoms with Crippen LogP contribution < -0.4 is 10.1 Å². The Bertz CT molecular complexity index is 828. The van der Waals surface area contributed by atoms with E-state index in [1.807, 2.05) is 42.5 Å². The minimum atomic E-state index is -0.487. The zero-order valence-corrected chi connectivity index (χ0v) is 16.8. The topological polar surface area (TPSA) is 80.8 Å². The summed E-state index contributed by atoms with van der Waals surface area (Å²) in [4.78, 5) is 31.7. The molecule has 1 fully saturated rings. The van der Waals surface area contributed by atoms with Gasteiger partial charge in [0.05, 0.1) is 25.7 Å². The molecule has 3 rings (SSSR count). The van der Waals surface area contributed by atoms with Gasteiger partial charge in [-0.05, 0) is 18.2 Å². The van der Waals surface area contributed by atoms with Crippen LogP contribution in [0.25, 0.3) is 0 Å². The van der Waals surface area contributed by atoms with Gasteiger partial charge < -0.3 is 19.7 Å². The molecular formula is C22H27N3O4. The Morgan fingerprint density at radius 1 is 1.21 bits per heavy atom. The molecule has 0 unspecified atom stereocenters. The highest BCUT2D eigenvalue weighted by Crippen LogP contribution is 2.41. The van der Waals surface area contributed by atoms with E-state index in [0.29, 0.717) is 31.9 Å². The molecule has 7 heteroatoms. The van der Waals surface area contributed by atoms with Gasteiger partial charge in [-0.2, -0.15) is 0 Å². The molecule has 7 nitrogen and oxygen atoms in total. The lowest BCUT2D eigenvalue weighted by atomic mass is 9.92. The second-order valence-electron chi connectivity index (χ2n) is 6.94. The molecule has 0 bridgehead atoms. The molecule has 2 aromatic rings. The van der Waals surface area contributed by atoms with Crippen molar-refractivity contribution < 1.29 is 19.1 Å². The first kappa shape index (κ1) is 20.8. The van der Waals surface area contributed by atoms with Crippen LogP contribution >= 0.6 is 0 Å². The molecule has 0 radical (unpaired) electrons. The van der Waals surface area contributed by atoms with E-state index in [2.05, 4.69) is 10.3 Å². The Kier molecular flexibility index (Phi) is 7.19. The van der Waals surface area contributed by atoms with Crippen molar-refractivity contribution in [3.8, 4) is 5.75 Å². The Morgan fingerprint density at radius 2 is 2.00 bits per heavy atom. The van der Waals surface area contributed by atoms with Gasteiger partial charge in [0.25, 0.3) is 0 Å². The van der Waals surface area contributed by atoms with Gasteiger partial charge in [0.15, 0.2) is 0 Å². The second kappa shape index (κ2) is 10.0. The van der Waals surface area contributed by atoms with E-state index in [0.717, 1.165) is 11.3 Å². The molecule has 1 N–H and O–H groups in total. The number of nitrogens with zero attached hydrogens (tertiary/aromatic N) is 2. The van der Waals surface area contributed by atoms with Crippen LogP contribution in [0.4, 0.5) is 0 Å². The Labute approximate surface area is 171 Å². The van der Waals surface area contributed by atoms with Crippen LogP contribution in [-0.4, -0.2) is 55.6 Å². The van der Waals surface area contributed by atoms with Crippen LogP contribution in [-0.2, 0) is 20.7 Å². The van der Waals surface area contributed by atoms with E-state index < -0.39 is 5.92 Å². The van der Waals surface area contributed by atoms with Gasteiger partial charge in [0, 0.05) is 50.5 Å². The minimum absolute atomic E-state index is 0.0529. The number of ether oxygens (including phenoxy) is 2. The van der Waals surface area contributed by atoms with Gasteiger partial charge >= 0.3 is 0 Å². The molecule has 154 valence electrons. The smallest absolute Gasteiger partial charge is 0.226 e. The third-order valence-electron chi connectivity index (χ3n) is 5.17. The van der Waals surface area contributed by atoms with Crippen molar-refractivity contribution in [1.82, 2.24) is 15.2 Å². The maximum Gasteiger partial charge on any atom is 0.226 e. The lowest BCUT2D eigenvalue weighted by molar-refractivity contribution is -0.129. The molecule has 0 saturated carbocycles. The molecule has 1 aliphatic heterocycles. The van der Waals surface area contributed by atoms with Gasteiger partial charge in [-0.15, -0.1) is 0 Å². The molecule has 0 spiro atoms. The largest absolute Gasteiger partial charge is 0.496 e. The van der Waals surface area contributed by atoms with Crippen molar-refractivity contribution in [3.05, 3.63) is 59.9 Å². The Morgan fingerprint density at radius 3 is 2.72 bits per heavy atom. The molecule has 29 heavy (non-hydrogen) atoms. The van der Waals surface area contributed by atoms with Crippen LogP contribution in [0.1, 0.15) is 23.7 Å². The lowest BCUT2D eigenvalue weighted by Gasteiger charge is -2.29. The monoisotopic (exact) mass is 397 g/mol. The number of pyridine rings is 1. The van der Waals surface area contributed by atoms with Gasteiger partial charge in [0.2, 0.25) is 11.8 Å². The highest BCUT2D eigenvalue weighted by molar-refractivity contribution is 5.90. The van der Waals surface area contributed by atoms with Crippen molar-refractivity contribution in [3.63, 3.8) is 0 Å². The number of methoxy groups -OCH3 is 2. The summed E-state index contributed by atoms with van der Waals surface area (Å²) in [6, 6.07) is 12.9. The Hall–Kier alpha value is -2.93. The third kappa shape index (κ3) is 4.92. The number of amides is 2. The van der Waals surface area contributed by atoms with Crippen molar-refractivity contribution in [2.45, 2.75) is 18.9 Å². The normalized spacial score (nSPS) is 18.7. The summed E-state index contributed by atoms with van der Waals surface area (Å²) in [7, 11) is 3.19. The molecule has 2 amide bonds. The average molecular weight is 397 g/mol. The Balaban J connectivity index is 1.77. The van der Waals surface area contributed by atoms with Crippen LogP contribution in [0.15, 0.2) is 48.7 Å². The fraction of sp³-hybridized carbons (Fsp3) is 0.409. The van der Waals surface area contributed by atoms with Crippen LogP contribution in [0, 0.1) is 5.92 Å². The van der Waals surface area contributed by atoms with Gasteiger partial charge in [-0.1, -0.05) is 24.3 Å². The van der Waals surface area contributed by atoms with Crippen molar-refractivity contribution >= 4 is 11.8 Å². The third-order valence-corrected chi connectivity index (χ3v) is 5.17. The number of benzene rings is 1. The number of hydrogen-bond acceptors (Lipinski definition) is 5. The number of aromatic nitrogens is 1. The fourth-order valence-electron chi connectivity index (χ4n) is 3.77. The van der Waals surface area contributed by atoms with Crippen molar-refractivity contribution in [2.24, 2.45) is 5.92 Å². The van der Waals surface area contributed by atoms with Gasteiger partial charge in [-0.25, -0.2) is 0 Å². The van der Waals surface area contributed by atoms with Crippen molar-refractivity contribution in [2.75, 3.05) is 33.9 Å². The van der Waals surface area contributed by atoms with Gasteiger partial charge in [0.1, 0.15) is 5.75 Å². The number of carbonyl (C=O) groups excluding carboxylic acids is 2. The summed E-state index contributed by atoms with van der Waals surface area (Å²) in [5, 5.41) is 2.98. The first-order valence-corrected chi connectivity index (χ1v) is 9.74. The summed E-state index contributed by atoms with van der Waals surface area (Å²) in [5.41, 5.74) is 1.75. The van der Waals surface area contributed by atoms with Crippen LogP contribution in [0.2, 0.25) is 0 Å². The number of hydrogen-bond donors (Lipinski definition) is 1. The van der Waals surface area contributed by atoms with E-state index in [1.165, 1.54) is 0 Å². The molecule has 0 aliphatic carbocycles. The molecule has 2 atom stereocenters. The number of rotatable bonds is 9. The maximum absolute atomic E-state index is 13.0. The second-order valence-corrected chi connectivity index (χ2v) is 6.94. The number of carbonyl (C=O) groups is 2. The first-order chi connectivity index (χ1) is 14.2. The van der Waals surface area contributed by atoms with E-state index >= 15 is 0 Å².